The van der Waals surface area contributed by atoms with Crippen LogP contribution in [0.2, 0.25) is 0 Å². The molecule has 224 valence electrons. The molecular formula is C37H29NO7. The summed E-state index contributed by atoms with van der Waals surface area (Å²) in [5.74, 6) is -1.36. The number of Topliss-reactive ketones (excluding diaryl/α,β-unsaturated/α-hetero) is 3. The summed E-state index contributed by atoms with van der Waals surface area (Å²) in [5, 5.41) is 0. The van der Waals surface area contributed by atoms with Crippen LogP contribution in [0, 0.1) is 5.41 Å². The summed E-state index contributed by atoms with van der Waals surface area (Å²) < 4.78 is 16.8. The Morgan fingerprint density at radius 1 is 0.778 bits per heavy atom. The second-order valence-electron chi connectivity index (χ2n) is 11.3. The van der Waals surface area contributed by atoms with Gasteiger partial charge in [0, 0.05) is 40.8 Å². The van der Waals surface area contributed by atoms with Gasteiger partial charge in [-0.05, 0) is 42.0 Å². The topological polar surface area (TPSA) is 99.2 Å². The van der Waals surface area contributed by atoms with E-state index < -0.39 is 29.4 Å². The number of ketones is 3. The van der Waals surface area contributed by atoms with Crippen molar-refractivity contribution >= 4 is 35.1 Å². The van der Waals surface area contributed by atoms with Crippen LogP contribution in [0.1, 0.15) is 55.0 Å². The van der Waals surface area contributed by atoms with Crippen molar-refractivity contribution in [3.8, 4) is 17.2 Å². The molecule has 1 fully saturated rings. The smallest absolute Gasteiger partial charge is 0.308 e. The predicted octanol–water partition coefficient (Wildman–Crippen LogP) is 5.95. The molecule has 0 saturated carbocycles. The van der Waals surface area contributed by atoms with Crippen molar-refractivity contribution < 1.29 is 33.4 Å². The number of esters is 1. The average molecular weight is 600 g/mol. The van der Waals surface area contributed by atoms with Crippen molar-refractivity contribution in [3.63, 3.8) is 0 Å². The standard InChI is InChI=1S/C37H29NO7/c1-21(39)45-24-18-15-23(16-19-24)33(40)32-31(27-12-8-14-29(43-2)34(27)44-3)37(35(41)25-10-5-6-11-26(25)36(37)42)30-20-17-22-9-4-7-13-28(22)38(30)32/h4-20,30-32H,1-3H3/t30-,31+,32-/m0/s1. The number of carbonyl (C=O) groups is 4. The zero-order valence-corrected chi connectivity index (χ0v) is 24.9. The lowest BCUT2D eigenvalue weighted by atomic mass is 9.64. The van der Waals surface area contributed by atoms with Crippen LogP contribution >= 0.6 is 0 Å². The van der Waals surface area contributed by atoms with Crippen LogP contribution in [0.4, 0.5) is 5.69 Å². The Kier molecular flexibility index (Phi) is 6.66. The molecule has 4 aromatic rings. The summed E-state index contributed by atoms with van der Waals surface area (Å²) >= 11 is 0. The summed E-state index contributed by atoms with van der Waals surface area (Å²) in [5.41, 5.74) is 1.43. The van der Waals surface area contributed by atoms with Gasteiger partial charge in [0.05, 0.1) is 20.3 Å². The normalized spacial score (nSPS) is 20.4. The highest BCUT2D eigenvalue weighted by Crippen LogP contribution is 2.62. The molecule has 7 rings (SSSR count). The van der Waals surface area contributed by atoms with Crippen LogP contribution in [0.15, 0.2) is 97.1 Å². The first-order valence-corrected chi connectivity index (χ1v) is 14.6. The zero-order chi connectivity index (χ0) is 31.5. The van der Waals surface area contributed by atoms with E-state index in [1.807, 2.05) is 41.3 Å². The van der Waals surface area contributed by atoms with E-state index in [1.165, 1.54) is 21.1 Å². The van der Waals surface area contributed by atoms with Gasteiger partial charge in [-0.3, -0.25) is 19.2 Å². The van der Waals surface area contributed by atoms with E-state index in [2.05, 4.69) is 0 Å². The largest absolute Gasteiger partial charge is 0.493 e. The van der Waals surface area contributed by atoms with Crippen molar-refractivity contribution in [2.75, 3.05) is 19.1 Å². The van der Waals surface area contributed by atoms with E-state index in [4.69, 9.17) is 14.2 Å². The Morgan fingerprint density at radius 3 is 2.09 bits per heavy atom. The highest BCUT2D eigenvalue weighted by Gasteiger charge is 2.72. The minimum Gasteiger partial charge on any atom is -0.493 e. The molecule has 45 heavy (non-hydrogen) atoms. The number of methoxy groups -OCH3 is 2. The Hall–Kier alpha value is -5.50. The molecule has 1 spiro atoms. The summed E-state index contributed by atoms with van der Waals surface area (Å²) in [6.45, 7) is 1.30. The third-order valence-electron chi connectivity index (χ3n) is 9.15. The van der Waals surface area contributed by atoms with Gasteiger partial charge in [-0.2, -0.15) is 0 Å². The first kappa shape index (κ1) is 28.3. The summed E-state index contributed by atoms with van der Waals surface area (Å²) in [7, 11) is 3.02. The van der Waals surface area contributed by atoms with E-state index >= 15 is 0 Å². The number of para-hydroxylation sites is 2. The zero-order valence-electron chi connectivity index (χ0n) is 24.9. The molecule has 0 N–H and O–H groups in total. The number of anilines is 1. The van der Waals surface area contributed by atoms with Crippen molar-refractivity contribution in [2.24, 2.45) is 5.41 Å². The Morgan fingerprint density at radius 2 is 1.44 bits per heavy atom. The quantitative estimate of drug-likeness (QED) is 0.116. The number of benzene rings is 4. The molecule has 1 aliphatic carbocycles. The molecule has 0 radical (unpaired) electrons. The highest BCUT2D eigenvalue weighted by molar-refractivity contribution is 6.32. The number of hydrogen-bond acceptors (Lipinski definition) is 8. The van der Waals surface area contributed by atoms with Gasteiger partial charge < -0.3 is 19.1 Å². The van der Waals surface area contributed by atoms with E-state index in [9.17, 15) is 19.2 Å². The molecule has 0 unspecified atom stereocenters. The van der Waals surface area contributed by atoms with Crippen molar-refractivity contribution in [3.05, 3.63) is 125 Å². The molecule has 4 aromatic carbocycles. The first-order valence-electron chi connectivity index (χ1n) is 14.6. The summed E-state index contributed by atoms with van der Waals surface area (Å²) in [4.78, 5) is 58.2. The molecule has 1 saturated heterocycles. The van der Waals surface area contributed by atoms with E-state index in [1.54, 1.807) is 66.7 Å². The second-order valence-corrected chi connectivity index (χ2v) is 11.3. The van der Waals surface area contributed by atoms with Gasteiger partial charge in [-0.1, -0.05) is 66.7 Å². The van der Waals surface area contributed by atoms with E-state index in [-0.39, 0.29) is 17.3 Å². The lowest BCUT2D eigenvalue weighted by molar-refractivity contribution is -0.131. The molecule has 2 aliphatic heterocycles. The number of rotatable bonds is 6. The summed E-state index contributed by atoms with van der Waals surface area (Å²) in [6, 6.07) is 24.3. The Labute approximate surface area is 259 Å². The molecule has 3 aliphatic rings. The minimum atomic E-state index is -1.69. The first-order chi connectivity index (χ1) is 21.8. The van der Waals surface area contributed by atoms with Crippen LogP contribution in [0.5, 0.6) is 17.2 Å². The van der Waals surface area contributed by atoms with Crippen molar-refractivity contribution in [2.45, 2.75) is 24.9 Å². The SMILES string of the molecule is COc1cccc([C@@H]2[C@@H](C(=O)c3ccc(OC(C)=O)cc3)N3c4ccccc4C=C[C@H]3C23C(=O)c2ccccc2C3=O)c1OC. The molecule has 0 amide bonds. The van der Waals surface area contributed by atoms with Crippen LogP contribution in [0.3, 0.4) is 0 Å². The Balaban J connectivity index is 1.53. The molecule has 8 nitrogen and oxygen atoms in total. The van der Waals surface area contributed by atoms with Crippen LogP contribution in [0.25, 0.3) is 6.08 Å². The van der Waals surface area contributed by atoms with Gasteiger partial charge in [0.15, 0.2) is 28.8 Å². The monoisotopic (exact) mass is 599 g/mol. The second kappa shape index (κ2) is 10.6. The fourth-order valence-corrected chi connectivity index (χ4v) is 7.44. The highest BCUT2D eigenvalue weighted by atomic mass is 16.5. The minimum absolute atomic E-state index is 0.300. The third kappa shape index (κ3) is 3.98. The van der Waals surface area contributed by atoms with Gasteiger partial charge in [0.1, 0.15) is 17.2 Å². The van der Waals surface area contributed by atoms with E-state index in [0.29, 0.717) is 39.5 Å². The molecule has 3 atom stereocenters. The number of nitrogens with zero attached hydrogens (tertiary/aromatic N) is 1. The van der Waals surface area contributed by atoms with Crippen LogP contribution < -0.4 is 19.1 Å². The van der Waals surface area contributed by atoms with Crippen molar-refractivity contribution in [1.29, 1.82) is 0 Å². The maximum absolute atomic E-state index is 14.9. The van der Waals surface area contributed by atoms with E-state index in [0.717, 1.165) is 11.3 Å². The molecule has 8 heteroatoms. The van der Waals surface area contributed by atoms with Crippen LogP contribution in [-0.4, -0.2) is 49.6 Å². The van der Waals surface area contributed by atoms with Gasteiger partial charge in [0.25, 0.3) is 0 Å². The number of carbonyl (C=O) groups excluding carboxylic acids is 4. The van der Waals surface area contributed by atoms with Crippen LogP contribution in [-0.2, 0) is 4.79 Å². The fourth-order valence-electron chi connectivity index (χ4n) is 7.44. The molecule has 0 aromatic heterocycles. The lowest BCUT2D eigenvalue weighted by Crippen LogP contribution is -2.48. The third-order valence-corrected chi connectivity index (χ3v) is 9.15. The van der Waals surface area contributed by atoms with Gasteiger partial charge in [0.2, 0.25) is 0 Å². The van der Waals surface area contributed by atoms with Crippen molar-refractivity contribution in [1.82, 2.24) is 0 Å². The maximum Gasteiger partial charge on any atom is 0.308 e. The Bertz CT molecular complexity index is 1890. The average Bonchev–Trinajstić information content (AvgIpc) is 3.50. The number of hydrogen-bond donors (Lipinski definition) is 0. The predicted molar refractivity (Wildman–Crippen MR) is 167 cm³/mol. The summed E-state index contributed by atoms with van der Waals surface area (Å²) in [6.07, 6.45) is 3.79. The molecule has 2 heterocycles. The molecular weight excluding hydrogens is 570 g/mol. The fraction of sp³-hybridized carbons (Fsp3) is 0.189. The number of ether oxygens (including phenoxy) is 3. The maximum atomic E-state index is 14.9. The number of fused-ring (bicyclic) bond motifs is 5. The molecule has 0 bridgehead atoms. The van der Waals surface area contributed by atoms with Gasteiger partial charge in [-0.25, -0.2) is 0 Å². The van der Waals surface area contributed by atoms with Gasteiger partial charge in [-0.15, -0.1) is 0 Å². The van der Waals surface area contributed by atoms with Gasteiger partial charge >= 0.3 is 5.97 Å². The lowest BCUT2D eigenvalue weighted by Gasteiger charge is -2.37.